The monoisotopic (exact) mass is 563 g/mol. The van der Waals surface area contributed by atoms with E-state index in [9.17, 15) is 17.8 Å². The molecule has 0 saturated heterocycles. The van der Waals surface area contributed by atoms with Crippen LogP contribution in [0.25, 0.3) is 0 Å². The van der Waals surface area contributed by atoms with E-state index in [0.29, 0.717) is 41.2 Å². The number of carbonyl (C=O) groups excluding carboxylic acids is 1. The van der Waals surface area contributed by atoms with Gasteiger partial charge in [-0.3, -0.25) is 4.57 Å². The van der Waals surface area contributed by atoms with Crippen LogP contribution in [0.2, 0.25) is 25.7 Å². The van der Waals surface area contributed by atoms with Gasteiger partial charge in [-0.1, -0.05) is 31.3 Å². The van der Waals surface area contributed by atoms with E-state index >= 15 is 0 Å². The van der Waals surface area contributed by atoms with Crippen LogP contribution in [0.15, 0.2) is 11.6 Å². The van der Waals surface area contributed by atoms with Crippen LogP contribution >= 0.6 is 7.60 Å². The molecule has 1 aromatic rings. The van der Waals surface area contributed by atoms with Crippen LogP contribution in [0.1, 0.15) is 34.0 Å². The number of sulfonamides is 1. The third-order valence-corrected chi connectivity index (χ3v) is 9.65. The highest BCUT2D eigenvalue weighted by Gasteiger charge is 2.33. The second-order valence-corrected chi connectivity index (χ2v) is 19.7. The number of hydrogen-bond acceptors (Lipinski definition) is 7. The summed E-state index contributed by atoms with van der Waals surface area (Å²) in [5, 5.41) is 0. The van der Waals surface area contributed by atoms with Crippen LogP contribution in [-0.4, -0.2) is 75.8 Å². The highest BCUT2D eigenvalue weighted by Crippen LogP contribution is 2.43. The van der Waals surface area contributed by atoms with Crippen LogP contribution in [-0.2, 0) is 32.4 Å². The summed E-state index contributed by atoms with van der Waals surface area (Å²) in [5.41, 5.74) is 3.27. The maximum Gasteiger partial charge on any atom is 0.342 e. The topological polar surface area (TPSA) is 140 Å². The van der Waals surface area contributed by atoms with Gasteiger partial charge in [-0.25, -0.2) is 13.2 Å². The first-order chi connectivity index (χ1) is 16.4. The van der Waals surface area contributed by atoms with E-state index in [0.717, 1.165) is 27.7 Å². The average molecular weight is 564 g/mol. The third-order valence-electron chi connectivity index (χ3n) is 5.91. The van der Waals surface area contributed by atoms with Crippen molar-refractivity contribution in [1.82, 2.24) is 4.31 Å². The van der Waals surface area contributed by atoms with Crippen LogP contribution in [0, 0.1) is 6.92 Å². The van der Waals surface area contributed by atoms with E-state index < -0.39 is 37.8 Å². The first kappa shape index (κ1) is 30.5. The molecule has 1 aliphatic heterocycles. The van der Waals surface area contributed by atoms with E-state index in [1.54, 1.807) is 14.0 Å². The van der Waals surface area contributed by atoms with E-state index in [1.807, 2.05) is 13.0 Å². The second kappa shape index (κ2) is 11.8. The number of cyclic esters (lactones) is 1. The Balaban J connectivity index is 2.42. The van der Waals surface area contributed by atoms with Crippen molar-refractivity contribution in [3.63, 3.8) is 0 Å². The van der Waals surface area contributed by atoms with Gasteiger partial charge in [-0.15, -0.1) is 0 Å². The lowest BCUT2D eigenvalue weighted by Gasteiger charge is -2.22. The Hall–Kier alpha value is -1.69. The maximum absolute atomic E-state index is 12.6. The van der Waals surface area contributed by atoms with Crippen molar-refractivity contribution < 1.29 is 41.8 Å². The summed E-state index contributed by atoms with van der Waals surface area (Å²) >= 11 is 0. The molecule has 2 rings (SSSR count). The summed E-state index contributed by atoms with van der Waals surface area (Å²) in [6, 6.07) is 0.893. The van der Waals surface area contributed by atoms with E-state index in [4.69, 9.17) is 24.0 Å². The minimum Gasteiger partial charge on any atom is -0.496 e. The van der Waals surface area contributed by atoms with Gasteiger partial charge in [0.15, 0.2) is 0 Å². The fourth-order valence-electron chi connectivity index (χ4n) is 3.85. The predicted octanol–water partition coefficient (Wildman–Crippen LogP) is 3.32. The molecule has 2 N–H and O–H groups in total. The first-order valence-corrected chi connectivity index (χ1v) is 19.0. The zero-order valence-electron chi connectivity index (χ0n) is 22.1. The van der Waals surface area contributed by atoms with Gasteiger partial charge in [0.1, 0.15) is 23.7 Å². The normalized spacial score (nSPS) is 14.7. The SMILES string of the molecule is COc1c(C)c2c(c(OCC[Si](C)(C)C)c1CC=C(C)CN(CCP(=O)(O)O)S(C)(=O)=O)C(=O)OC2. The molecule has 0 unspecified atom stereocenters. The van der Waals surface area contributed by atoms with E-state index in [-0.39, 0.29) is 19.7 Å². The highest BCUT2D eigenvalue weighted by atomic mass is 32.2. The first-order valence-electron chi connectivity index (χ1n) is 11.6. The van der Waals surface area contributed by atoms with Crippen LogP contribution in [0.4, 0.5) is 0 Å². The zero-order chi connectivity index (χ0) is 27.5. The second-order valence-electron chi connectivity index (χ2n) is 10.3. The number of methoxy groups -OCH3 is 1. The average Bonchev–Trinajstić information content (AvgIpc) is 3.10. The molecule has 0 saturated carbocycles. The Morgan fingerprint density at radius 1 is 1.25 bits per heavy atom. The van der Waals surface area contributed by atoms with Gasteiger partial charge in [0.25, 0.3) is 0 Å². The molecule has 1 aromatic carbocycles. The smallest absolute Gasteiger partial charge is 0.342 e. The van der Waals surface area contributed by atoms with Gasteiger partial charge < -0.3 is 24.0 Å². The van der Waals surface area contributed by atoms with Crippen molar-refractivity contribution in [3.8, 4) is 11.5 Å². The number of carbonyl (C=O) groups is 1. The molecule has 0 aromatic heterocycles. The number of rotatable bonds is 13. The molecule has 13 heteroatoms. The Morgan fingerprint density at radius 3 is 2.42 bits per heavy atom. The Labute approximate surface area is 214 Å². The third kappa shape index (κ3) is 8.42. The molecule has 36 heavy (non-hydrogen) atoms. The Bertz CT molecular complexity index is 1170. The molecule has 1 heterocycles. The van der Waals surface area contributed by atoms with E-state index in [1.165, 1.54) is 0 Å². The van der Waals surface area contributed by atoms with Crippen molar-refractivity contribution in [2.24, 2.45) is 0 Å². The molecule has 10 nitrogen and oxygen atoms in total. The Kier molecular flexibility index (Phi) is 10.00. The lowest BCUT2D eigenvalue weighted by molar-refractivity contribution is 0.0532. The standard InChI is InChI=1S/C23H38NO9PSSi/c1-16(14-24(35(4,29)30)10-12-34(26,27)28)8-9-18-21(31-3)17(2)19-15-33-23(25)20(19)22(18)32-11-13-36(5,6)7/h8H,9-15H2,1-7H3,(H2,26,27,28). The molecule has 0 fully saturated rings. The lowest BCUT2D eigenvalue weighted by atomic mass is 9.95. The summed E-state index contributed by atoms with van der Waals surface area (Å²) in [4.78, 5) is 30.9. The number of hydrogen-bond donors (Lipinski definition) is 2. The fraction of sp³-hybridized carbons (Fsp3) is 0.609. The molecule has 1 aliphatic rings. The summed E-state index contributed by atoms with van der Waals surface area (Å²) in [5.74, 6) is 0.570. The maximum atomic E-state index is 12.6. The molecule has 0 radical (unpaired) electrons. The van der Waals surface area contributed by atoms with Gasteiger partial charge >= 0.3 is 13.6 Å². The molecule has 0 bridgehead atoms. The van der Waals surface area contributed by atoms with Gasteiger partial charge in [-0.2, -0.15) is 4.31 Å². The number of esters is 1. The van der Waals surface area contributed by atoms with Crippen LogP contribution in [0.5, 0.6) is 11.5 Å². The molecular formula is C23H38NO9PSSi. The van der Waals surface area contributed by atoms with Gasteiger partial charge in [0.05, 0.1) is 26.1 Å². The van der Waals surface area contributed by atoms with Crippen molar-refractivity contribution >= 4 is 31.7 Å². The van der Waals surface area contributed by atoms with Crippen molar-refractivity contribution in [2.75, 3.05) is 39.2 Å². The molecule has 0 aliphatic carbocycles. The number of ether oxygens (including phenoxy) is 3. The molecule has 0 amide bonds. The van der Waals surface area contributed by atoms with Crippen LogP contribution < -0.4 is 9.47 Å². The van der Waals surface area contributed by atoms with E-state index in [2.05, 4.69) is 19.6 Å². The summed E-state index contributed by atoms with van der Waals surface area (Å²) in [7, 11) is -7.90. The van der Waals surface area contributed by atoms with Gasteiger partial charge in [-0.05, 0) is 31.9 Å². The fourth-order valence-corrected chi connectivity index (χ4v) is 6.06. The van der Waals surface area contributed by atoms with Crippen molar-refractivity contribution in [1.29, 1.82) is 0 Å². The molecule has 0 atom stereocenters. The zero-order valence-corrected chi connectivity index (χ0v) is 24.8. The summed E-state index contributed by atoms with van der Waals surface area (Å²) in [6.07, 6.45) is 2.55. The Morgan fingerprint density at radius 2 is 1.89 bits per heavy atom. The minimum atomic E-state index is -4.35. The van der Waals surface area contributed by atoms with Gasteiger partial charge in [0.2, 0.25) is 10.0 Å². The van der Waals surface area contributed by atoms with Crippen molar-refractivity contribution in [2.45, 2.75) is 52.6 Å². The molecule has 0 spiro atoms. The number of nitrogens with zero attached hydrogens (tertiary/aromatic N) is 1. The minimum absolute atomic E-state index is 0.0288. The molecule has 204 valence electrons. The lowest BCUT2D eigenvalue weighted by Crippen LogP contribution is -2.34. The number of allylic oxidation sites excluding steroid dienone is 1. The number of benzene rings is 1. The van der Waals surface area contributed by atoms with Crippen molar-refractivity contribution in [3.05, 3.63) is 33.9 Å². The summed E-state index contributed by atoms with van der Waals surface area (Å²) < 4.78 is 53.9. The predicted molar refractivity (Wildman–Crippen MR) is 141 cm³/mol. The largest absolute Gasteiger partial charge is 0.496 e. The highest BCUT2D eigenvalue weighted by molar-refractivity contribution is 7.88. The summed E-state index contributed by atoms with van der Waals surface area (Å²) in [6.45, 7) is 10.6. The van der Waals surface area contributed by atoms with Gasteiger partial charge in [0, 0.05) is 32.3 Å². The number of fused-ring (bicyclic) bond motifs is 1. The molecular weight excluding hydrogens is 525 g/mol. The quantitative estimate of drug-likeness (QED) is 0.160. The van der Waals surface area contributed by atoms with Crippen LogP contribution in [0.3, 0.4) is 0 Å².